The Bertz CT molecular complexity index is 490. The molecule has 0 aliphatic carbocycles. The van der Waals surface area contributed by atoms with Crippen LogP contribution in [0.15, 0.2) is 23.1 Å². The van der Waals surface area contributed by atoms with Gasteiger partial charge in [-0.3, -0.25) is 4.79 Å². The van der Waals surface area contributed by atoms with E-state index >= 15 is 0 Å². The summed E-state index contributed by atoms with van der Waals surface area (Å²) in [6, 6.07) is 2.93. The molecular weight excluding hydrogens is 216 g/mol. The van der Waals surface area contributed by atoms with Crippen LogP contribution in [-0.2, 0) is 16.4 Å². The first-order chi connectivity index (χ1) is 6.88. The van der Waals surface area contributed by atoms with Gasteiger partial charge in [-0.1, -0.05) is 0 Å². The summed E-state index contributed by atoms with van der Waals surface area (Å²) >= 11 is 0. The molecule has 0 atom stereocenters. The molecule has 0 amide bonds. The number of nitrogens with two attached hydrogens (primary N) is 1. The van der Waals surface area contributed by atoms with E-state index in [2.05, 4.69) is 0 Å². The van der Waals surface area contributed by atoms with Crippen molar-refractivity contribution in [2.45, 2.75) is 13.0 Å². The third-order valence-electron chi connectivity index (χ3n) is 1.93. The number of rotatable bonds is 4. The molecule has 0 saturated carbocycles. The Labute approximate surface area is 88.4 Å². The zero-order valence-electron chi connectivity index (χ0n) is 8.51. The summed E-state index contributed by atoms with van der Waals surface area (Å²) in [6.45, 7) is 0.395. The van der Waals surface area contributed by atoms with E-state index < -0.39 is 9.84 Å². The van der Waals surface area contributed by atoms with E-state index in [0.29, 0.717) is 18.7 Å². The molecule has 1 heterocycles. The molecule has 6 heteroatoms. The lowest BCUT2D eigenvalue weighted by molar-refractivity contribution is 0.589. The predicted molar refractivity (Wildman–Crippen MR) is 59.4 cm³/mol. The third-order valence-corrected chi connectivity index (χ3v) is 2.96. The molecule has 1 aromatic rings. The molecule has 0 spiro atoms. The molecule has 0 aromatic carbocycles. The Morgan fingerprint density at radius 1 is 1.47 bits per heavy atom. The minimum Gasteiger partial charge on any atom is -0.399 e. The molecule has 0 radical (unpaired) electrons. The Morgan fingerprint density at radius 2 is 2.13 bits per heavy atom. The number of sulfone groups is 1. The van der Waals surface area contributed by atoms with Gasteiger partial charge >= 0.3 is 0 Å². The molecule has 1 aromatic heterocycles. The van der Waals surface area contributed by atoms with E-state index in [9.17, 15) is 13.2 Å². The number of aryl methyl sites for hydroxylation is 1. The zero-order valence-corrected chi connectivity index (χ0v) is 9.33. The quantitative estimate of drug-likeness (QED) is 0.780. The van der Waals surface area contributed by atoms with Crippen molar-refractivity contribution < 1.29 is 8.42 Å². The van der Waals surface area contributed by atoms with Crippen molar-refractivity contribution in [1.82, 2.24) is 4.57 Å². The lowest BCUT2D eigenvalue weighted by Crippen LogP contribution is -2.20. The van der Waals surface area contributed by atoms with E-state index in [4.69, 9.17) is 5.73 Å². The molecular formula is C9H14N2O3S. The number of hydrogen-bond acceptors (Lipinski definition) is 4. The highest BCUT2D eigenvalue weighted by atomic mass is 32.2. The average molecular weight is 230 g/mol. The summed E-state index contributed by atoms with van der Waals surface area (Å²) in [4.78, 5) is 11.3. The molecule has 1 rings (SSSR count). The first-order valence-electron chi connectivity index (χ1n) is 4.52. The van der Waals surface area contributed by atoms with Gasteiger partial charge in [-0.15, -0.1) is 0 Å². The normalized spacial score (nSPS) is 11.5. The van der Waals surface area contributed by atoms with Gasteiger partial charge in [-0.25, -0.2) is 8.42 Å². The molecule has 0 aliphatic rings. The van der Waals surface area contributed by atoms with E-state index in [-0.39, 0.29) is 11.3 Å². The summed E-state index contributed by atoms with van der Waals surface area (Å²) in [6.07, 6.45) is 3.18. The lowest BCUT2D eigenvalue weighted by atomic mass is 10.4. The van der Waals surface area contributed by atoms with Crippen LogP contribution in [0.4, 0.5) is 5.69 Å². The van der Waals surface area contributed by atoms with Crippen molar-refractivity contribution in [2.24, 2.45) is 0 Å². The first kappa shape index (κ1) is 11.8. The smallest absolute Gasteiger partial charge is 0.252 e. The Kier molecular flexibility index (Phi) is 3.52. The molecule has 2 N–H and O–H groups in total. The molecule has 0 unspecified atom stereocenters. The lowest BCUT2D eigenvalue weighted by Gasteiger charge is -2.04. The second-order valence-electron chi connectivity index (χ2n) is 3.48. The van der Waals surface area contributed by atoms with Crippen LogP contribution in [0.3, 0.4) is 0 Å². The maximum atomic E-state index is 11.3. The molecule has 5 nitrogen and oxygen atoms in total. The highest BCUT2D eigenvalue weighted by Gasteiger charge is 2.02. The van der Waals surface area contributed by atoms with E-state index in [0.717, 1.165) is 0 Å². The monoisotopic (exact) mass is 230 g/mol. The summed E-state index contributed by atoms with van der Waals surface area (Å²) in [5.41, 5.74) is 5.63. The Hall–Kier alpha value is -1.30. The molecule has 0 bridgehead atoms. The fraction of sp³-hybridized carbons (Fsp3) is 0.444. The van der Waals surface area contributed by atoms with Gasteiger partial charge in [0.25, 0.3) is 5.56 Å². The summed E-state index contributed by atoms with van der Waals surface area (Å²) < 4.78 is 23.2. The van der Waals surface area contributed by atoms with Crippen molar-refractivity contribution in [3.8, 4) is 0 Å². The van der Waals surface area contributed by atoms with Gasteiger partial charge in [0.2, 0.25) is 0 Å². The van der Waals surface area contributed by atoms with Crippen LogP contribution in [0.5, 0.6) is 0 Å². The van der Waals surface area contributed by atoms with Gasteiger partial charge in [0, 0.05) is 30.8 Å². The molecule has 0 saturated heterocycles. The van der Waals surface area contributed by atoms with Crippen molar-refractivity contribution in [2.75, 3.05) is 17.7 Å². The van der Waals surface area contributed by atoms with Crippen LogP contribution < -0.4 is 11.3 Å². The fourth-order valence-electron chi connectivity index (χ4n) is 1.20. The third kappa shape index (κ3) is 4.16. The number of pyridine rings is 1. The molecule has 84 valence electrons. The number of aromatic nitrogens is 1. The molecule has 0 fully saturated rings. The van der Waals surface area contributed by atoms with Crippen LogP contribution >= 0.6 is 0 Å². The minimum absolute atomic E-state index is 0.0871. The van der Waals surface area contributed by atoms with Gasteiger partial charge in [0.1, 0.15) is 9.84 Å². The van der Waals surface area contributed by atoms with Crippen molar-refractivity contribution in [3.63, 3.8) is 0 Å². The largest absolute Gasteiger partial charge is 0.399 e. The Balaban J connectivity index is 2.63. The topological polar surface area (TPSA) is 82.2 Å². The maximum Gasteiger partial charge on any atom is 0.252 e. The van der Waals surface area contributed by atoms with Crippen LogP contribution in [0, 0.1) is 0 Å². The molecule has 15 heavy (non-hydrogen) atoms. The summed E-state index contributed by atoms with van der Waals surface area (Å²) in [7, 11) is -2.96. The first-order valence-corrected chi connectivity index (χ1v) is 6.58. The standard InChI is InChI=1S/C9H14N2O3S/c1-15(13,14)6-2-4-11-5-3-8(10)7-9(11)12/h3,5,7H,2,4,6,10H2,1H3. The summed E-state index contributed by atoms with van der Waals surface area (Å²) in [5, 5.41) is 0. The highest BCUT2D eigenvalue weighted by molar-refractivity contribution is 7.90. The van der Waals surface area contributed by atoms with Gasteiger partial charge in [-0.05, 0) is 12.5 Å². The van der Waals surface area contributed by atoms with Crippen LogP contribution in [0.2, 0.25) is 0 Å². The van der Waals surface area contributed by atoms with Gasteiger partial charge in [-0.2, -0.15) is 0 Å². The molecule has 0 aliphatic heterocycles. The average Bonchev–Trinajstić information content (AvgIpc) is 2.07. The maximum absolute atomic E-state index is 11.3. The zero-order chi connectivity index (χ0) is 11.5. The number of hydrogen-bond donors (Lipinski definition) is 1. The predicted octanol–water partition coefficient (Wildman–Crippen LogP) is -0.135. The minimum atomic E-state index is -2.96. The van der Waals surface area contributed by atoms with E-state index in [1.165, 1.54) is 16.9 Å². The Morgan fingerprint density at radius 3 is 2.67 bits per heavy atom. The van der Waals surface area contributed by atoms with Crippen LogP contribution in [0.25, 0.3) is 0 Å². The van der Waals surface area contributed by atoms with Crippen LogP contribution in [-0.4, -0.2) is 25.0 Å². The SMILES string of the molecule is CS(=O)(=O)CCCn1ccc(N)cc1=O. The van der Waals surface area contributed by atoms with E-state index in [1.54, 1.807) is 12.3 Å². The fourth-order valence-corrected chi connectivity index (χ4v) is 1.86. The second-order valence-corrected chi connectivity index (χ2v) is 5.73. The van der Waals surface area contributed by atoms with Gasteiger partial charge in [0.15, 0.2) is 0 Å². The highest BCUT2D eigenvalue weighted by Crippen LogP contribution is 1.96. The van der Waals surface area contributed by atoms with Crippen molar-refractivity contribution >= 4 is 15.5 Å². The van der Waals surface area contributed by atoms with Crippen molar-refractivity contribution in [1.29, 1.82) is 0 Å². The van der Waals surface area contributed by atoms with Gasteiger partial charge in [0.05, 0.1) is 5.75 Å². The van der Waals surface area contributed by atoms with Gasteiger partial charge < -0.3 is 10.3 Å². The second kappa shape index (κ2) is 4.48. The van der Waals surface area contributed by atoms with Crippen LogP contribution in [0.1, 0.15) is 6.42 Å². The number of nitrogens with zero attached hydrogens (tertiary/aromatic N) is 1. The summed E-state index contributed by atoms with van der Waals surface area (Å²) in [5.74, 6) is 0.0871. The van der Waals surface area contributed by atoms with Crippen molar-refractivity contribution in [3.05, 3.63) is 28.7 Å². The number of nitrogen functional groups attached to an aromatic ring is 1. The number of anilines is 1. The van der Waals surface area contributed by atoms with E-state index in [1.807, 2.05) is 0 Å².